The molecule has 0 aliphatic carbocycles. The number of benzene rings is 2. The number of nitrogens with one attached hydrogen (secondary N) is 1. The molecule has 0 saturated carbocycles. The number of hydrogen-bond acceptors (Lipinski definition) is 2. The lowest BCUT2D eigenvalue weighted by Gasteiger charge is -2.21. The fourth-order valence-corrected chi connectivity index (χ4v) is 3.47. The minimum absolute atomic E-state index is 0.279. The van der Waals surface area contributed by atoms with E-state index < -0.39 is 0 Å². The number of likely N-dealkylation sites (N-methyl/N-ethyl adjacent to an activating group) is 1. The zero-order chi connectivity index (χ0) is 14.7. The summed E-state index contributed by atoms with van der Waals surface area (Å²) in [7, 11) is 0. The van der Waals surface area contributed by atoms with Crippen molar-refractivity contribution in [3.8, 4) is 5.75 Å². The van der Waals surface area contributed by atoms with Crippen LogP contribution in [0.25, 0.3) is 0 Å². The van der Waals surface area contributed by atoms with Crippen LogP contribution in [0.3, 0.4) is 0 Å². The molecule has 0 aromatic heterocycles. The van der Waals surface area contributed by atoms with E-state index in [9.17, 15) is 0 Å². The van der Waals surface area contributed by atoms with Gasteiger partial charge in [0, 0.05) is 22.5 Å². The lowest BCUT2D eigenvalue weighted by atomic mass is 9.96. The molecular formula is C18H20BrNO. The summed E-state index contributed by atoms with van der Waals surface area (Å²) in [6, 6.07) is 15.3. The van der Waals surface area contributed by atoms with E-state index in [1.54, 1.807) is 0 Å². The third kappa shape index (κ3) is 3.30. The van der Waals surface area contributed by atoms with Gasteiger partial charge in [0.05, 0.1) is 6.61 Å². The van der Waals surface area contributed by atoms with Crippen LogP contribution in [0.15, 0.2) is 46.9 Å². The van der Waals surface area contributed by atoms with Crippen molar-refractivity contribution in [1.29, 1.82) is 0 Å². The van der Waals surface area contributed by atoms with Gasteiger partial charge in [0.15, 0.2) is 0 Å². The fraction of sp³-hybridized carbons (Fsp3) is 0.333. The van der Waals surface area contributed by atoms with Crippen molar-refractivity contribution in [2.75, 3.05) is 13.2 Å². The van der Waals surface area contributed by atoms with Crippen molar-refractivity contribution in [3.63, 3.8) is 0 Å². The minimum Gasteiger partial charge on any atom is -0.493 e. The SMILES string of the molecule is CCNC(Cc1ccccc1)c1cc(Br)cc2c1OCC2. The fourth-order valence-electron chi connectivity index (χ4n) is 2.95. The lowest BCUT2D eigenvalue weighted by Crippen LogP contribution is -2.23. The van der Waals surface area contributed by atoms with E-state index in [2.05, 4.69) is 70.6 Å². The third-order valence-electron chi connectivity index (χ3n) is 3.89. The smallest absolute Gasteiger partial charge is 0.127 e. The lowest BCUT2D eigenvalue weighted by molar-refractivity contribution is 0.348. The first kappa shape index (κ1) is 14.6. The van der Waals surface area contributed by atoms with Gasteiger partial charge in [0.1, 0.15) is 5.75 Å². The summed E-state index contributed by atoms with van der Waals surface area (Å²) >= 11 is 3.64. The maximum absolute atomic E-state index is 5.89. The third-order valence-corrected chi connectivity index (χ3v) is 4.34. The second-order valence-electron chi connectivity index (χ2n) is 5.38. The molecule has 21 heavy (non-hydrogen) atoms. The molecule has 0 spiro atoms. The summed E-state index contributed by atoms with van der Waals surface area (Å²) in [5.74, 6) is 1.08. The van der Waals surface area contributed by atoms with Crippen LogP contribution in [0, 0.1) is 0 Å². The first-order valence-electron chi connectivity index (χ1n) is 7.50. The van der Waals surface area contributed by atoms with E-state index in [-0.39, 0.29) is 6.04 Å². The Morgan fingerprint density at radius 3 is 2.81 bits per heavy atom. The Balaban J connectivity index is 1.94. The Hall–Kier alpha value is -1.32. The Morgan fingerprint density at radius 2 is 2.05 bits per heavy atom. The van der Waals surface area contributed by atoms with Crippen LogP contribution in [0.2, 0.25) is 0 Å². The van der Waals surface area contributed by atoms with Gasteiger partial charge in [0.25, 0.3) is 0 Å². The number of hydrogen-bond donors (Lipinski definition) is 1. The molecule has 0 bridgehead atoms. The zero-order valence-electron chi connectivity index (χ0n) is 12.2. The minimum atomic E-state index is 0.279. The quantitative estimate of drug-likeness (QED) is 0.873. The summed E-state index contributed by atoms with van der Waals surface area (Å²) < 4.78 is 7.03. The summed E-state index contributed by atoms with van der Waals surface area (Å²) in [4.78, 5) is 0. The Morgan fingerprint density at radius 1 is 1.24 bits per heavy atom. The molecule has 0 fully saturated rings. The molecule has 2 aromatic rings. The molecule has 0 amide bonds. The molecule has 1 aliphatic heterocycles. The summed E-state index contributed by atoms with van der Waals surface area (Å²) in [5, 5.41) is 3.60. The molecular weight excluding hydrogens is 326 g/mol. The van der Waals surface area contributed by atoms with Crippen molar-refractivity contribution in [2.45, 2.75) is 25.8 Å². The molecule has 1 atom stereocenters. The van der Waals surface area contributed by atoms with Gasteiger partial charge < -0.3 is 10.1 Å². The molecule has 3 heteroatoms. The topological polar surface area (TPSA) is 21.3 Å². The zero-order valence-corrected chi connectivity index (χ0v) is 13.8. The van der Waals surface area contributed by atoms with Gasteiger partial charge in [-0.2, -0.15) is 0 Å². The van der Waals surface area contributed by atoms with E-state index in [4.69, 9.17) is 4.74 Å². The molecule has 2 nitrogen and oxygen atoms in total. The highest BCUT2D eigenvalue weighted by Gasteiger charge is 2.23. The van der Waals surface area contributed by atoms with Crippen LogP contribution in [0.5, 0.6) is 5.75 Å². The van der Waals surface area contributed by atoms with Crippen LogP contribution in [-0.4, -0.2) is 13.2 Å². The Bertz CT molecular complexity index is 612. The first-order chi connectivity index (χ1) is 10.3. The molecule has 1 aliphatic rings. The van der Waals surface area contributed by atoms with Crippen molar-refractivity contribution >= 4 is 15.9 Å². The molecule has 1 heterocycles. The molecule has 2 aromatic carbocycles. The summed E-state index contributed by atoms with van der Waals surface area (Å²) in [6.07, 6.45) is 1.98. The van der Waals surface area contributed by atoms with Gasteiger partial charge >= 0.3 is 0 Å². The standard InChI is InChI=1S/C18H20BrNO/c1-2-20-17(10-13-6-4-3-5-7-13)16-12-15(19)11-14-8-9-21-18(14)16/h3-7,11-12,17,20H,2,8-10H2,1H3. The first-order valence-corrected chi connectivity index (χ1v) is 8.29. The molecule has 110 valence electrons. The van der Waals surface area contributed by atoms with Gasteiger partial charge in [-0.3, -0.25) is 0 Å². The van der Waals surface area contributed by atoms with Crippen LogP contribution < -0.4 is 10.1 Å². The highest BCUT2D eigenvalue weighted by Crippen LogP contribution is 2.37. The van der Waals surface area contributed by atoms with E-state index >= 15 is 0 Å². The summed E-state index contributed by atoms with van der Waals surface area (Å²) in [6.45, 7) is 3.89. The second-order valence-corrected chi connectivity index (χ2v) is 6.30. The van der Waals surface area contributed by atoms with Gasteiger partial charge in [-0.25, -0.2) is 0 Å². The Kier molecular flexibility index (Phi) is 4.61. The van der Waals surface area contributed by atoms with Crippen LogP contribution in [-0.2, 0) is 12.8 Å². The van der Waals surface area contributed by atoms with E-state index in [0.717, 1.165) is 36.2 Å². The highest BCUT2D eigenvalue weighted by atomic mass is 79.9. The predicted molar refractivity (Wildman–Crippen MR) is 89.9 cm³/mol. The summed E-state index contributed by atoms with van der Waals surface area (Å²) in [5.41, 5.74) is 3.92. The maximum Gasteiger partial charge on any atom is 0.127 e. The number of ether oxygens (including phenoxy) is 1. The molecule has 1 N–H and O–H groups in total. The second kappa shape index (κ2) is 6.63. The molecule has 1 unspecified atom stereocenters. The van der Waals surface area contributed by atoms with Crippen molar-refractivity contribution in [3.05, 3.63) is 63.6 Å². The Labute approximate surface area is 134 Å². The van der Waals surface area contributed by atoms with Crippen molar-refractivity contribution in [2.24, 2.45) is 0 Å². The maximum atomic E-state index is 5.89. The van der Waals surface area contributed by atoms with Gasteiger partial charge in [-0.15, -0.1) is 0 Å². The van der Waals surface area contributed by atoms with Crippen molar-refractivity contribution in [1.82, 2.24) is 5.32 Å². The van der Waals surface area contributed by atoms with E-state index in [0.29, 0.717) is 0 Å². The van der Waals surface area contributed by atoms with Crippen LogP contribution in [0.1, 0.15) is 29.7 Å². The van der Waals surface area contributed by atoms with Gasteiger partial charge in [-0.05, 0) is 36.2 Å². The monoisotopic (exact) mass is 345 g/mol. The normalized spacial score (nSPS) is 14.6. The number of rotatable bonds is 5. The molecule has 0 saturated heterocycles. The average Bonchev–Trinajstić information content (AvgIpc) is 2.95. The van der Waals surface area contributed by atoms with E-state index in [1.807, 2.05) is 0 Å². The number of fused-ring (bicyclic) bond motifs is 1. The highest BCUT2D eigenvalue weighted by molar-refractivity contribution is 9.10. The molecule has 3 rings (SSSR count). The van der Waals surface area contributed by atoms with Crippen molar-refractivity contribution < 1.29 is 4.74 Å². The van der Waals surface area contributed by atoms with Crippen LogP contribution >= 0.6 is 15.9 Å². The van der Waals surface area contributed by atoms with Crippen LogP contribution in [0.4, 0.5) is 0 Å². The van der Waals surface area contributed by atoms with Gasteiger partial charge in [-0.1, -0.05) is 53.2 Å². The predicted octanol–water partition coefficient (Wildman–Crippen LogP) is 4.28. The molecule has 0 radical (unpaired) electrons. The number of halogens is 1. The van der Waals surface area contributed by atoms with Gasteiger partial charge in [0.2, 0.25) is 0 Å². The average molecular weight is 346 g/mol. The van der Waals surface area contributed by atoms with E-state index in [1.165, 1.54) is 16.7 Å². The largest absolute Gasteiger partial charge is 0.493 e.